The number of amides is 1. The van der Waals surface area contributed by atoms with Crippen LogP contribution in [0.15, 0.2) is 48.5 Å². The summed E-state index contributed by atoms with van der Waals surface area (Å²) in [5, 5.41) is 14.8. The Hall–Kier alpha value is -3.59. The molecular formula is C22H26N2O7. The van der Waals surface area contributed by atoms with Crippen molar-refractivity contribution in [1.29, 1.82) is 0 Å². The first kappa shape index (κ1) is 23.7. The van der Waals surface area contributed by atoms with E-state index < -0.39 is 11.9 Å². The average Bonchev–Trinajstić information content (AvgIpc) is 2.80. The zero-order valence-corrected chi connectivity index (χ0v) is 17.5. The van der Waals surface area contributed by atoms with Gasteiger partial charge in [0.2, 0.25) is 0 Å². The molecule has 1 amide bonds. The van der Waals surface area contributed by atoms with E-state index in [-0.39, 0.29) is 5.91 Å². The van der Waals surface area contributed by atoms with Gasteiger partial charge in [-0.2, -0.15) is 0 Å². The average molecular weight is 430 g/mol. The largest absolute Gasteiger partial charge is 0.497 e. The smallest absolute Gasteiger partial charge is 0.414 e. The van der Waals surface area contributed by atoms with Crippen LogP contribution >= 0.6 is 0 Å². The number of ether oxygens (including phenoxy) is 2. The Kier molecular flexibility index (Phi) is 8.83. The van der Waals surface area contributed by atoms with Crippen molar-refractivity contribution < 1.29 is 34.1 Å². The first-order valence-corrected chi connectivity index (χ1v) is 9.59. The molecule has 0 bridgehead atoms. The molecule has 0 aromatic heterocycles. The molecule has 1 saturated heterocycles. The molecule has 9 heteroatoms. The fourth-order valence-electron chi connectivity index (χ4n) is 3.04. The number of hydrogen-bond acceptors (Lipinski definition) is 6. The monoisotopic (exact) mass is 430 g/mol. The van der Waals surface area contributed by atoms with Gasteiger partial charge in [-0.05, 0) is 35.9 Å². The minimum atomic E-state index is -1.82. The second kappa shape index (κ2) is 11.6. The van der Waals surface area contributed by atoms with E-state index in [4.69, 9.17) is 29.3 Å². The lowest BCUT2D eigenvalue weighted by Crippen LogP contribution is -2.48. The van der Waals surface area contributed by atoms with Crippen LogP contribution in [-0.4, -0.2) is 78.3 Å². The van der Waals surface area contributed by atoms with Gasteiger partial charge in [-0.1, -0.05) is 18.2 Å². The summed E-state index contributed by atoms with van der Waals surface area (Å²) >= 11 is 0. The van der Waals surface area contributed by atoms with Gasteiger partial charge in [0, 0.05) is 38.3 Å². The van der Waals surface area contributed by atoms with E-state index in [2.05, 4.69) is 17.0 Å². The first-order chi connectivity index (χ1) is 14.8. The molecule has 0 unspecified atom stereocenters. The lowest BCUT2D eigenvalue weighted by Gasteiger charge is -2.34. The number of methoxy groups -OCH3 is 2. The predicted molar refractivity (Wildman–Crippen MR) is 112 cm³/mol. The number of carboxylic acids is 2. The summed E-state index contributed by atoms with van der Waals surface area (Å²) < 4.78 is 10.4. The Morgan fingerprint density at radius 3 is 1.94 bits per heavy atom. The second-order valence-corrected chi connectivity index (χ2v) is 6.76. The Balaban J connectivity index is 0.000000501. The topological polar surface area (TPSA) is 117 Å². The molecule has 0 aliphatic carbocycles. The number of carbonyl (C=O) groups is 3. The third kappa shape index (κ3) is 7.31. The standard InChI is InChI=1S/C20H24N2O3.C2H2O4/c1-24-18-8-6-16(7-9-18)15-21-10-12-22(13-11-21)20(23)17-4-3-5-19(14-17)25-2;3-1(4)2(5)6/h3-9,14H,10-13,15H2,1-2H3;(H,3,4)(H,5,6). The highest BCUT2D eigenvalue weighted by Crippen LogP contribution is 2.17. The van der Waals surface area contributed by atoms with Crippen LogP contribution in [0.1, 0.15) is 15.9 Å². The molecule has 9 nitrogen and oxygen atoms in total. The van der Waals surface area contributed by atoms with Gasteiger partial charge in [-0.15, -0.1) is 0 Å². The van der Waals surface area contributed by atoms with E-state index >= 15 is 0 Å². The van der Waals surface area contributed by atoms with Crippen molar-refractivity contribution in [3.63, 3.8) is 0 Å². The summed E-state index contributed by atoms with van der Waals surface area (Å²) in [5.74, 6) is -1.99. The van der Waals surface area contributed by atoms with Crippen molar-refractivity contribution in [3.8, 4) is 11.5 Å². The molecule has 0 saturated carbocycles. The lowest BCUT2D eigenvalue weighted by atomic mass is 10.1. The maximum atomic E-state index is 12.6. The molecule has 0 atom stereocenters. The highest BCUT2D eigenvalue weighted by atomic mass is 16.5. The van der Waals surface area contributed by atoms with Crippen LogP contribution in [0.25, 0.3) is 0 Å². The van der Waals surface area contributed by atoms with Crippen LogP contribution in [0.5, 0.6) is 11.5 Å². The van der Waals surface area contributed by atoms with Gasteiger partial charge in [0.1, 0.15) is 11.5 Å². The summed E-state index contributed by atoms with van der Waals surface area (Å²) in [7, 11) is 3.29. The summed E-state index contributed by atoms with van der Waals surface area (Å²) in [6, 6.07) is 15.5. The number of aliphatic carboxylic acids is 2. The number of carbonyl (C=O) groups excluding carboxylic acids is 1. The molecule has 3 rings (SSSR count). The molecule has 31 heavy (non-hydrogen) atoms. The van der Waals surface area contributed by atoms with Crippen molar-refractivity contribution in [2.45, 2.75) is 6.54 Å². The van der Waals surface area contributed by atoms with Crippen LogP contribution in [0.2, 0.25) is 0 Å². The summed E-state index contributed by atoms with van der Waals surface area (Å²) in [6.07, 6.45) is 0. The SMILES string of the molecule is COc1ccc(CN2CCN(C(=O)c3cccc(OC)c3)CC2)cc1.O=C(O)C(=O)O. The van der Waals surface area contributed by atoms with Crippen LogP contribution in [0.4, 0.5) is 0 Å². The Morgan fingerprint density at radius 2 is 1.42 bits per heavy atom. The lowest BCUT2D eigenvalue weighted by molar-refractivity contribution is -0.159. The van der Waals surface area contributed by atoms with Crippen molar-refractivity contribution in [2.24, 2.45) is 0 Å². The fraction of sp³-hybridized carbons (Fsp3) is 0.318. The van der Waals surface area contributed by atoms with Crippen LogP contribution < -0.4 is 9.47 Å². The van der Waals surface area contributed by atoms with E-state index in [1.165, 1.54) is 5.56 Å². The number of hydrogen-bond donors (Lipinski definition) is 2. The van der Waals surface area contributed by atoms with Crippen molar-refractivity contribution in [3.05, 3.63) is 59.7 Å². The number of nitrogens with zero attached hydrogens (tertiary/aromatic N) is 2. The molecule has 2 N–H and O–H groups in total. The number of piperazine rings is 1. The van der Waals surface area contributed by atoms with Gasteiger partial charge in [0.25, 0.3) is 5.91 Å². The van der Waals surface area contributed by atoms with Crippen molar-refractivity contribution in [1.82, 2.24) is 9.80 Å². The zero-order chi connectivity index (χ0) is 22.8. The molecule has 0 spiro atoms. The van der Waals surface area contributed by atoms with Gasteiger partial charge in [-0.25, -0.2) is 9.59 Å². The first-order valence-electron chi connectivity index (χ1n) is 9.59. The quantitative estimate of drug-likeness (QED) is 0.690. The van der Waals surface area contributed by atoms with Gasteiger partial charge in [-0.3, -0.25) is 9.69 Å². The predicted octanol–water partition coefficient (Wildman–Crippen LogP) is 1.82. The highest BCUT2D eigenvalue weighted by Gasteiger charge is 2.22. The van der Waals surface area contributed by atoms with Crippen molar-refractivity contribution >= 4 is 17.8 Å². The maximum absolute atomic E-state index is 12.6. The maximum Gasteiger partial charge on any atom is 0.414 e. The molecular weight excluding hydrogens is 404 g/mol. The molecule has 1 fully saturated rings. The van der Waals surface area contributed by atoms with E-state index in [9.17, 15) is 4.79 Å². The highest BCUT2D eigenvalue weighted by molar-refractivity contribution is 6.27. The van der Waals surface area contributed by atoms with Gasteiger partial charge in [0.15, 0.2) is 0 Å². The minimum Gasteiger partial charge on any atom is -0.497 e. The molecule has 166 valence electrons. The normalized spacial score (nSPS) is 13.5. The number of benzene rings is 2. The van der Waals surface area contributed by atoms with Crippen LogP contribution in [-0.2, 0) is 16.1 Å². The van der Waals surface area contributed by atoms with Crippen molar-refractivity contribution in [2.75, 3.05) is 40.4 Å². The number of carboxylic acid groups (broad SMARTS) is 2. The Morgan fingerprint density at radius 1 is 0.839 bits per heavy atom. The van der Waals surface area contributed by atoms with Gasteiger partial charge in [0.05, 0.1) is 14.2 Å². The van der Waals surface area contributed by atoms with Crippen LogP contribution in [0, 0.1) is 0 Å². The Bertz CT molecular complexity index is 879. The minimum absolute atomic E-state index is 0.0722. The second-order valence-electron chi connectivity index (χ2n) is 6.76. The van der Waals surface area contributed by atoms with Gasteiger partial charge >= 0.3 is 11.9 Å². The zero-order valence-electron chi connectivity index (χ0n) is 17.5. The molecule has 2 aromatic rings. The third-order valence-electron chi connectivity index (χ3n) is 4.72. The Labute approximate surface area is 180 Å². The van der Waals surface area contributed by atoms with E-state index in [1.807, 2.05) is 35.2 Å². The summed E-state index contributed by atoms with van der Waals surface area (Å²) in [4.78, 5) is 35.1. The fourth-order valence-corrected chi connectivity index (χ4v) is 3.04. The van der Waals surface area contributed by atoms with E-state index in [0.717, 1.165) is 38.5 Å². The molecule has 1 aliphatic heterocycles. The van der Waals surface area contributed by atoms with Crippen LogP contribution in [0.3, 0.4) is 0 Å². The molecule has 1 aliphatic rings. The van der Waals surface area contributed by atoms with Gasteiger partial charge < -0.3 is 24.6 Å². The van der Waals surface area contributed by atoms with E-state index in [1.54, 1.807) is 20.3 Å². The summed E-state index contributed by atoms with van der Waals surface area (Å²) in [5.41, 5.74) is 1.94. The van der Waals surface area contributed by atoms with E-state index in [0.29, 0.717) is 11.3 Å². The summed E-state index contributed by atoms with van der Waals surface area (Å²) in [6.45, 7) is 4.13. The molecule has 2 aromatic carbocycles. The molecule has 0 radical (unpaired) electrons. The number of rotatable bonds is 5. The molecule has 1 heterocycles. The third-order valence-corrected chi connectivity index (χ3v) is 4.72.